The fourth-order valence-electron chi connectivity index (χ4n) is 9.35. The van der Waals surface area contributed by atoms with Gasteiger partial charge < -0.3 is 114 Å². The molecule has 6 heterocycles. The zero-order valence-corrected chi connectivity index (χ0v) is 75.4. The van der Waals surface area contributed by atoms with Crippen LogP contribution in [0.25, 0.3) is 0 Å². The third kappa shape index (κ3) is 47.2. The van der Waals surface area contributed by atoms with Crippen molar-refractivity contribution in [3.8, 4) is 105 Å². The molecule has 0 aliphatic carbocycles. The summed E-state index contributed by atoms with van der Waals surface area (Å²) in [6, 6.07) is 20.8. The van der Waals surface area contributed by atoms with Gasteiger partial charge in [-0.25, -0.2) is 29.9 Å². The first kappa shape index (κ1) is 102. The first-order valence-electron chi connectivity index (χ1n) is 40.1. The highest BCUT2D eigenvalue weighted by Gasteiger charge is 2.34. The molecule has 0 radical (unpaired) electrons. The monoisotopic (exact) mass is 1820 g/mol. The van der Waals surface area contributed by atoms with Crippen molar-refractivity contribution in [1.82, 2.24) is 29.9 Å². The summed E-state index contributed by atoms with van der Waals surface area (Å²) in [6.07, 6.45) is 0. The van der Waals surface area contributed by atoms with E-state index in [0.717, 1.165) is 0 Å². The molecule has 0 aliphatic heterocycles. The SMILES string of the molecule is COCCOCCOCCOc1cc(I)nc(C#Cc2cc(OCCOCCOCCOC)cc(C#Cc3cc(OCCOCCOCCOC)cc(C#Cc4cc(OCCOCCOCCOC)cc(C#Cc5cc(OCCOCCOCCOC)cc(C#Cc6cc(OCCOCCOCCOC)cc(C#C[Si](C)(C)C(C)(C)C)n6)n5)n4)n3)n2)c1. The zero-order valence-electron chi connectivity index (χ0n) is 72.2. The second kappa shape index (κ2) is 64.1. The van der Waals surface area contributed by atoms with Crippen LogP contribution < -0.4 is 28.4 Å². The molecule has 0 saturated carbocycles. The number of ether oxygens (including phenoxy) is 24. The van der Waals surface area contributed by atoms with Crippen LogP contribution >= 0.6 is 22.6 Å². The number of halogens is 1. The quantitative estimate of drug-likeness (QED) is 0.0114. The van der Waals surface area contributed by atoms with Gasteiger partial charge in [0.2, 0.25) is 0 Å². The normalized spacial score (nSPS) is 11.0. The van der Waals surface area contributed by atoms with Crippen molar-refractivity contribution in [3.63, 3.8) is 0 Å². The van der Waals surface area contributed by atoms with Crippen LogP contribution in [0, 0.1) is 74.4 Å². The van der Waals surface area contributed by atoms with E-state index >= 15 is 0 Å². The van der Waals surface area contributed by atoms with Gasteiger partial charge in [-0.15, -0.1) is 5.54 Å². The van der Waals surface area contributed by atoms with Crippen molar-refractivity contribution < 1.29 is 114 Å². The molecule has 30 nitrogen and oxygen atoms in total. The van der Waals surface area contributed by atoms with E-state index in [0.29, 0.717) is 262 Å². The summed E-state index contributed by atoms with van der Waals surface area (Å²) in [7, 11) is 7.68. The minimum atomic E-state index is -2.05. The van der Waals surface area contributed by atoms with E-state index in [4.69, 9.17) is 139 Å². The van der Waals surface area contributed by atoms with E-state index in [1.807, 2.05) is 12.1 Å². The molecule has 662 valence electrons. The molecule has 6 aromatic rings. The Morgan fingerprint density at radius 1 is 0.221 bits per heavy atom. The van der Waals surface area contributed by atoms with Crippen LogP contribution in [0.3, 0.4) is 0 Å². The van der Waals surface area contributed by atoms with Gasteiger partial charge in [-0.3, -0.25) is 0 Å². The molecule has 0 N–H and O–H groups in total. The summed E-state index contributed by atoms with van der Waals surface area (Å²) in [5.41, 5.74) is 7.38. The topological polar surface area (TPSA) is 299 Å². The minimum absolute atomic E-state index is 0.00775. The lowest BCUT2D eigenvalue weighted by atomic mass is 10.2. The Kier molecular flexibility index (Phi) is 53.6. The highest BCUT2D eigenvalue weighted by atomic mass is 127. The van der Waals surface area contributed by atoms with Gasteiger partial charge in [-0.05, 0) is 86.8 Å². The molecule has 0 spiro atoms. The summed E-state index contributed by atoms with van der Waals surface area (Å²) >= 11 is 2.12. The van der Waals surface area contributed by atoms with Crippen LogP contribution in [0.15, 0.2) is 72.8 Å². The number of hydrogen-bond acceptors (Lipinski definition) is 30. The van der Waals surface area contributed by atoms with Crippen molar-refractivity contribution >= 4 is 30.7 Å². The number of rotatable bonds is 60. The minimum Gasteiger partial charge on any atom is -0.491 e. The first-order chi connectivity index (χ1) is 59.6. The van der Waals surface area contributed by atoms with E-state index in [1.165, 1.54) is 0 Å². The van der Waals surface area contributed by atoms with Gasteiger partial charge in [-0.1, -0.05) is 39.8 Å². The van der Waals surface area contributed by atoms with Crippen LogP contribution in [-0.2, 0) is 85.3 Å². The van der Waals surface area contributed by atoms with E-state index in [-0.39, 0.29) is 81.6 Å². The Hall–Kier alpha value is -8.71. The lowest BCUT2D eigenvalue weighted by Gasteiger charge is -2.31. The molecule has 0 unspecified atom stereocenters. The largest absolute Gasteiger partial charge is 0.491 e. The van der Waals surface area contributed by atoms with Crippen molar-refractivity contribution in [1.29, 1.82) is 0 Å². The maximum absolute atomic E-state index is 6.31. The Bertz CT molecular complexity index is 4380. The average Bonchev–Trinajstić information content (AvgIpc) is 0.825. The van der Waals surface area contributed by atoms with Gasteiger partial charge in [0.1, 0.15) is 149 Å². The van der Waals surface area contributed by atoms with Crippen LogP contribution in [0.5, 0.6) is 34.5 Å². The standard InChI is InChI=1S/C90H117IN6O24Si/c1-90(2,3)122(10,11)59-22-82-70-87(120-57-51-114-45-39-108-33-27-102-8)68-80(96-82)19-18-78-66-85(118-55-49-112-43-37-106-31-25-100-6)64-76(94-78)15-14-74-62-83(116-53-47-110-41-35-104-29-23-98-4)60-72(92-74)12-13-73-61-84(117-54-48-111-42-36-105-30-24-99-5)63-75(93-73)16-17-77-65-86(119-56-50-113-44-38-107-32-26-101-7)67-79(95-77)20-21-81-69-88(71-89(91)97-81)121-58-52-115-46-40-109-34-28-103-9/h60-71H,23-58H2,1-11H3. The van der Waals surface area contributed by atoms with Gasteiger partial charge in [0, 0.05) is 115 Å². The van der Waals surface area contributed by atoms with E-state index < -0.39 is 8.07 Å². The number of nitrogens with zero attached hydrogens (tertiary/aromatic N) is 6. The Morgan fingerprint density at radius 2 is 0.369 bits per heavy atom. The van der Waals surface area contributed by atoms with Crippen LogP contribution in [0.1, 0.15) is 83.4 Å². The molecule has 6 rings (SSSR count). The third-order valence-corrected chi connectivity index (χ3v) is 21.6. The maximum atomic E-state index is 6.31. The molecule has 0 fully saturated rings. The average molecular weight is 1820 g/mol. The van der Waals surface area contributed by atoms with Crippen molar-refractivity contribution in [3.05, 3.63) is 139 Å². The van der Waals surface area contributed by atoms with Crippen LogP contribution in [0.2, 0.25) is 18.1 Å². The second-order valence-corrected chi connectivity index (χ2v) is 33.3. The van der Waals surface area contributed by atoms with E-state index in [1.54, 1.807) is 103 Å². The van der Waals surface area contributed by atoms with Crippen LogP contribution in [0.4, 0.5) is 0 Å². The lowest BCUT2D eigenvalue weighted by Crippen LogP contribution is -2.35. The molecule has 0 aliphatic rings. The summed E-state index contributed by atoms with van der Waals surface area (Å²) in [6.45, 7) is 24.5. The Morgan fingerprint density at radius 3 is 0.541 bits per heavy atom. The van der Waals surface area contributed by atoms with Gasteiger partial charge in [0.15, 0.2) is 0 Å². The molecule has 0 saturated heterocycles. The fraction of sp³-hybridized carbons (Fsp3) is 0.533. The molecular formula is C90H117IN6O24Si. The fourth-order valence-corrected chi connectivity index (χ4v) is 10.7. The van der Waals surface area contributed by atoms with Crippen molar-refractivity contribution in [2.45, 2.75) is 38.9 Å². The highest BCUT2D eigenvalue weighted by molar-refractivity contribution is 14.1. The van der Waals surface area contributed by atoms with E-state index in [9.17, 15) is 0 Å². The van der Waals surface area contributed by atoms with E-state index in [2.05, 4.69) is 132 Å². The zero-order chi connectivity index (χ0) is 87.0. The van der Waals surface area contributed by atoms with Crippen LogP contribution in [-0.4, -0.2) is 318 Å². The number of hydrogen-bond donors (Lipinski definition) is 0. The first-order valence-corrected chi connectivity index (χ1v) is 44.2. The maximum Gasteiger partial charge on any atom is 0.138 e. The summed E-state index contributed by atoms with van der Waals surface area (Å²) < 4.78 is 137. The molecule has 0 atom stereocenters. The molecule has 0 amide bonds. The lowest BCUT2D eigenvalue weighted by molar-refractivity contribution is 0.0179. The van der Waals surface area contributed by atoms with Gasteiger partial charge in [0.05, 0.1) is 198 Å². The molecule has 6 aromatic heterocycles. The van der Waals surface area contributed by atoms with Crippen molar-refractivity contribution in [2.75, 3.05) is 281 Å². The van der Waals surface area contributed by atoms with Crippen molar-refractivity contribution in [2.24, 2.45) is 0 Å². The summed E-state index contributed by atoms with van der Waals surface area (Å²) in [5, 5.41) is 0.00775. The second-order valence-electron chi connectivity index (χ2n) is 27.1. The summed E-state index contributed by atoms with van der Waals surface area (Å²) in [5.74, 6) is 38.0. The summed E-state index contributed by atoms with van der Waals surface area (Å²) in [4.78, 5) is 29.0. The highest BCUT2D eigenvalue weighted by Crippen LogP contribution is 2.35. The molecular weight excluding hydrogens is 1700 g/mol. The molecule has 32 heteroatoms. The molecule has 0 bridgehead atoms. The smallest absolute Gasteiger partial charge is 0.138 e. The number of aromatic nitrogens is 6. The predicted octanol–water partition coefficient (Wildman–Crippen LogP) is 8.41. The Balaban J connectivity index is 1.39. The van der Waals surface area contributed by atoms with Gasteiger partial charge >= 0.3 is 0 Å². The van der Waals surface area contributed by atoms with Gasteiger partial charge in [-0.2, -0.15) is 0 Å². The van der Waals surface area contributed by atoms with Gasteiger partial charge in [0.25, 0.3) is 0 Å². The molecule has 122 heavy (non-hydrogen) atoms. The molecule has 0 aromatic carbocycles. The number of methoxy groups -OCH3 is 6. The number of pyridine rings is 6. The third-order valence-electron chi connectivity index (χ3n) is 16.5. The predicted molar refractivity (Wildman–Crippen MR) is 466 cm³/mol. The Labute approximate surface area is 733 Å².